The maximum atomic E-state index is 12.4. The number of hydrogen-bond acceptors (Lipinski definition) is 4. The summed E-state index contributed by atoms with van der Waals surface area (Å²) < 4.78 is 10.9. The van der Waals surface area contributed by atoms with Gasteiger partial charge in [0.1, 0.15) is 0 Å². The van der Waals surface area contributed by atoms with Gasteiger partial charge in [0, 0.05) is 0 Å². The molecule has 4 nitrogen and oxygen atoms in total. The number of unbranched alkanes of at least 4 members (excludes halogenated alkanes) is 27. The van der Waals surface area contributed by atoms with Crippen LogP contribution in [0.15, 0.2) is 36.4 Å². The molecule has 0 bridgehead atoms. The summed E-state index contributed by atoms with van der Waals surface area (Å²) in [6, 6.07) is 6.65. The molecular formula is C44H76O4. The standard InChI is InChI=1S/C44H76O4/c1-3-5-7-9-11-13-15-17-19-21-23-25-27-29-31-33-39-47-43(45)41-35-37-42(38-36-41)44(46)48-40-34-32-30-28-26-24-22-20-18-16-14-12-10-8-6-4-2/h17,19,35-38H,3-16,18,20-34,39-40H2,1-2H3. The highest BCUT2D eigenvalue weighted by Crippen LogP contribution is 2.15. The van der Waals surface area contributed by atoms with Crippen molar-refractivity contribution in [1.29, 1.82) is 0 Å². The lowest BCUT2D eigenvalue weighted by Crippen LogP contribution is -2.09. The number of rotatable bonds is 35. The quantitative estimate of drug-likeness (QED) is 0.0410. The van der Waals surface area contributed by atoms with Crippen LogP contribution < -0.4 is 0 Å². The minimum atomic E-state index is -0.323. The van der Waals surface area contributed by atoms with Gasteiger partial charge in [0.05, 0.1) is 24.3 Å². The molecule has 1 aromatic rings. The van der Waals surface area contributed by atoms with Gasteiger partial charge in [0.25, 0.3) is 0 Å². The number of carbonyl (C=O) groups is 2. The zero-order chi connectivity index (χ0) is 34.6. The highest BCUT2D eigenvalue weighted by molar-refractivity contribution is 5.93. The number of allylic oxidation sites excluding steroid dienone is 2. The second kappa shape index (κ2) is 34.8. The fourth-order valence-corrected chi connectivity index (χ4v) is 6.24. The van der Waals surface area contributed by atoms with Gasteiger partial charge in [0.15, 0.2) is 0 Å². The van der Waals surface area contributed by atoms with Crippen LogP contribution >= 0.6 is 0 Å². The third kappa shape index (κ3) is 27.8. The average molecular weight is 669 g/mol. The van der Waals surface area contributed by atoms with Gasteiger partial charge in [0.2, 0.25) is 0 Å². The van der Waals surface area contributed by atoms with E-state index >= 15 is 0 Å². The average Bonchev–Trinajstić information content (AvgIpc) is 3.10. The predicted octanol–water partition coefficient (Wildman–Crippen LogP) is 14.3. The molecule has 0 radical (unpaired) electrons. The highest BCUT2D eigenvalue weighted by Gasteiger charge is 2.11. The fourth-order valence-electron chi connectivity index (χ4n) is 6.24. The summed E-state index contributed by atoms with van der Waals surface area (Å²) in [4.78, 5) is 24.8. The van der Waals surface area contributed by atoms with Crippen LogP contribution in [0.5, 0.6) is 0 Å². The lowest BCUT2D eigenvalue weighted by molar-refractivity contribution is 0.0483. The van der Waals surface area contributed by atoms with Crippen molar-refractivity contribution >= 4 is 11.9 Å². The Morgan fingerprint density at radius 1 is 0.396 bits per heavy atom. The van der Waals surface area contributed by atoms with Crippen molar-refractivity contribution in [3.05, 3.63) is 47.5 Å². The molecule has 1 aromatic carbocycles. The van der Waals surface area contributed by atoms with Gasteiger partial charge in [-0.3, -0.25) is 0 Å². The maximum absolute atomic E-state index is 12.4. The lowest BCUT2D eigenvalue weighted by atomic mass is 10.0. The van der Waals surface area contributed by atoms with Crippen LogP contribution in [-0.4, -0.2) is 25.2 Å². The Labute approximate surface area is 297 Å². The molecule has 48 heavy (non-hydrogen) atoms. The van der Waals surface area contributed by atoms with Crippen LogP contribution in [0.25, 0.3) is 0 Å². The zero-order valence-electron chi connectivity index (χ0n) is 31.7. The third-order valence-electron chi connectivity index (χ3n) is 9.48. The van der Waals surface area contributed by atoms with Gasteiger partial charge in [-0.05, 0) is 62.8 Å². The Morgan fingerprint density at radius 3 is 0.938 bits per heavy atom. The minimum absolute atomic E-state index is 0.319. The van der Waals surface area contributed by atoms with E-state index in [1.807, 2.05) is 0 Å². The van der Waals surface area contributed by atoms with Gasteiger partial charge in [-0.25, -0.2) is 9.59 Å². The van der Waals surface area contributed by atoms with Crippen molar-refractivity contribution in [2.24, 2.45) is 0 Å². The Bertz CT molecular complexity index is 874. The molecule has 0 amide bonds. The van der Waals surface area contributed by atoms with E-state index in [2.05, 4.69) is 26.0 Å². The lowest BCUT2D eigenvalue weighted by Gasteiger charge is -2.07. The van der Waals surface area contributed by atoms with Gasteiger partial charge in [-0.2, -0.15) is 0 Å². The van der Waals surface area contributed by atoms with Crippen LogP contribution in [0.2, 0.25) is 0 Å². The molecule has 0 aliphatic rings. The van der Waals surface area contributed by atoms with Crippen molar-refractivity contribution in [2.75, 3.05) is 13.2 Å². The molecule has 0 fully saturated rings. The topological polar surface area (TPSA) is 52.6 Å². The number of hydrogen-bond donors (Lipinski definition) is 0. The van der Waals surface area contributed by atoms with Gasteiger partial charge in [-0.1, -0.05) is 180 Å². The van der Waals surface area contributed by atoms with Gasteiger partial charge < -0.3 is 9.47 Å². The Morgan fingerprint density at radius 2 is 0.646 bits per heavy atom. The molecule has 1 rings (SSSR count). The Hall–Kier alpha value is -2.10. The molecule has 4 heteroatoms. The highest BCUT2D eigenvalue weighted by atomic mass is 16.5. The number of benzene rings is 1. The molecule has 0 spiro atoms. The van der Waals surface area contributed by atoms with Crippen molar-refractivity contribution < 1.29 is 19.1 Å². The van der Waals surface area contributed by atoms with Crippen molar-refractivity contribution in [3.63, 3.8) is 0 Å². The Kier molecular flexibility index (Phi) is 31.8. The first-order valence-corrected chi connectivity index (χ1v) is 20.8. The summed E-state index contributed by atoms with van der Waals surface area (Å²) in [7, 11) is 0. The van der Waals surface area contributed by atoms with Crippen molar-refractivity contribution in [3.8, 4) is 0 Å². The summed E-state index contributed by atoms with van der Waals surface area (Å²) >= 11 is 0. The monoisotopic (exact) mass is 669 g/mol. The molecule has 0 aliphatic heterocycles. The number of esters is 2. The summed E-state index contributed by atoms with van der Waals surface area (Å²) in [6.45, 7) is 5.45. The predicted molar refractivity (Wildman–Crippen MR) is 206 cm³/mol. The van der Waals surface area contributed by atoms with Crippen LogP contribution in [0, 0.1) is 0 Å². The number of ether oxygens (including phenoxy) is 2. The van der Waals surface area contributed by atoms with Crippen LogP contribution in [0.4, 0.5) is 0 Å². The molecule has 0 saturated heterocycles. The normalized spacial score (nSPS) is 11.4. The maximum Gasteiger partial charge on any atom is 0.338 e. The Balaban J connectivity index is 1.93. The molecular weight excluding hydrogens is 592 g/mol. The molecule has 0 N–H and O–H groups in total. The molecule has 0 aliphatic carbocycles. The van der Waals surface area contributed by atoms with E-state index in [0.29, 0.717) is 24.3 Å². The largest absolute Gasteiger partial charge is 0.462 e. The SMILES string of the molecule is CCCCCCCCC=CCCCCCCCCOC(=O)c1ccc(C(=O)OCCCCCCCCCCCCCCCCCC)cc1. The zero-order valence-corrected chi connectivity index (χ0v) is 31.7. The van der Waals surface area contributed by atoms with Crippen LogP contribution in [-0.2, 0) is 9.47 Å². The second-order valence-electron chi connectivity index (χ2n) is 14.1. The minimum Gasteiger partial charge on any atom is -0.462 e. The van der Waals surface area contributed by atoms with E-state index in [1.165, 1.54) is 167 Å². The molecule has 0 heterocycles. The first kappa shape index (κ1) is 43.9. The van der Waals surface area contributed by atoms with Gasteiger partial charge >= 0.3 is 11.9 Å². The molecule has 0 saturated carbocycles. The van der Waals surface area contributed by atoms with E-state index in [4.69, 9.17) is 9.47 Å². The first-order chi connectivity index (χ1) is 23.7. The third-order valence-corrected chi connectivity index (χ3v) is 9.48. The smallest absolute Gasteiger partial charge is 0.338 e. The summed E-state index contributed by atoms with van der Waals surface area (Å²) in [5.41, 5.74) is 0.963. The second-order valence-corrected chi connectivity index (χ2v) is 14.1. The van der Waals surface area contributed by atoms with E-state index in [-0.39, 0.29) is 11.9 Å². The molecule has 0 unspecified atom stereocenters. The number of carbonyl (C=O) groups excluding carboxylic acids is 2. The summed E-state index contributed by atoms with van der Waals surface area (Å²) in [5, 5.41) is 0. The van der Waals surface area contributed by atoms with E-state index in [0.717, 1.165) is 25.7 Å². The van der Waals surface area contributed by atoms with E-state index in [1.54, 1.807) is 24.3 Å². The van der Waals surface area contributed by atoms with Crippen LogP contribution in [0.3, 0.4) is 0 Å². The van der Waals surface area contributed by atoms with Crippen molar-refractivity contribution in [2.45, 2.75) is 206 Å². The van der Waals surface area contributed by atoms with E-state index < -0.39 is 0 Å². The molecule has 0 aromatic heterocycles. The summed E-state index contributed by atoms with van der Waals surface area (Å²) in [5.74, 6) is -0.643. The molecule has 0 atom stereocenters. The summed E-state index contributed by atoms with van der Waals surface area (Å²) in [6.07, 6.45) is 43.6. The van der Waals surface area contributed by atoms with E-state index in [9.17, 15) is 9.59 Å². The van der Waals surface area contributed by atoms with Crippen molar-refractivity contribution in [1.82, 2.24) is 0 Å². The molecule has 276 valence electrons. The van der Waals surface area contributed by atoms with Crippen LogP contribution in [0.1, 0.15) is 227 Å². The van der Waals surface area contributed by atoms with Gasteiger partial charge in [-0.15, -0.1) is 0 Å². The first-order valence-electron chi connectivity index (χ1n) is 20.8. The fraction of sp³-hybridized carbons (Fsp3) is 0.773.